The average Bonchev–Trinajstić information content (AvgIpc) is 2.39. The monoisotopic (exact) mass is 278 g/mol. The summed E-state index contributed by atoms with van der Waals surface area (Å²) in [5.41, 5.74) is 0.235. The first-order chi connectivity index (χ1) is 8.95. The van der Waals surface area contributed by atoms with Crippen LogP contribution in [0.4, 0.5) is 13.2 Å². The number of alkyl halides is 3. The topological polar surface area (TPSA) is 15.3 Å². The lowest BCUT2D eigenvalue weighted by Crippen LogP contribution is -2.49. The van der Waals surface area contributed by atoms with Crippen LogP contribution in [0.1, 0.15) is 39.0 Å². The third-order valence-corrected chi connectivity index (χ3v) is 4.94. The zero-order valence-electron chi connectivity index (χ0n) is 11.7. The van der Waals surface area contributed by atoms with Crippen molar-refractivity contribution in [2.45, 2.75) is 45.2 Å². The fourth-order valence-corrected chi connectivity index (χ4v) is 3.52. The Morgan fingerprint density at radius 3 is 2.53 bits per heavy atom. The van der Waals surface area contributed by atoms with Gasteiger partial charge >= 0.3 is 6.18 Å². The molecule has 2 heterocycles. The van der Waals surface area contributed by atoms with Crippen molar-refractivity contribution in [3.05, 3.63) is 0 Å². The molecule has 1 N–H and O–H groups in total. The summed E-state index contributed by atoms with van der Waals surface area (Å²) in [5, 5.41) is 3.35. The third kappa shape index (κ3) is 3.85. The molecular formula is C14H25F3N2. The Morgan fingerprint density at radius 1 is 1.26 bits per heavy atom. The fourth-order valence-electron chi connectivity index (χ4n) is 3.52. The van der Waals surface area contributed by atoms with Crippen molar-refractivity contribution in [3.63, 3.8) is 0 Å². The van der Waals surface area contributed by atoms with E-state index in [0.717, 1.165) is 45.4 Å². The highest BCUT2D eigenvalue weighted by molar-refractivity contribution is 4.88. The molecule has 0 aromatic rings. The van der Waals surface area contributed by atoms with Gasteiger partial charge in [0.25, 0.3) is 0 Å². The first-order valence-electron chi connectivity index (χ1n) is 7.45. The Labute approximate surface area is 113 Å². The molecule has 2 aliphatic rings. The molecule has 2 aliphatic heterocycles. The van der Waals surface area contributed by atoms with Crippen molar-refractivity contribution in [3.8, 4) is 0 Å². The molecule has 2 saturated heterocycles. The molecule has 1 unspecified atom stereocenters. The zero-order valence-corrected chi connectivity index (χ0v) is 11.7. The van der Waals surface area contributed by atoms with Crippen LogP contribution >= 0.6 is 0 Å². The first kappa shape index (κ1) is 15.1. The second-order valence-corrected chi connectivity index (χ2v) is 6.22. The van der Waals surface area contributed by atoms with E-state index in [0.29, 0.717) is 12.8 Å². The molecule has 19 heavy (non-hydrogen) atoms. The van der Waals surface area contributed by atoms with E-state index in [2.05, 4.69) is 17.1 Å². The van der Waals surface area contributed by atoms with Crippen LogP contribution in [0.2, 0.25) is 0 Å². The second kappa shape index (κ2) is 6.00. The van der Waals surface area contributed by atoms with E-state index in [4.69, 9.17) is 0 Å². The maximum atomic E-state index is 12.8. The third-order valence-electron chi connectivity index (χ3n) is 4.94. The van der Waals surface area contributed by atoms with E-state index >= 15 is 0 Å². The van der Waals surface area contributed by atoms with Crippen LogP contribution in [0.3, 0.4) is 0 Å². The van der Waals surface area contributed by atoms with Crippen molar-refractivity contribution in [1.29, 1.82) is 0 Å². The van der Waals surface area contributed by atoms with Gasteiger partial charge in [0.05, 0.1) is 5.92 Å². The van der Waals surface area contributed by atoms with Gasteiger partial charge in [-0.2, -0.15) is 13.2 Å². The number of hydrogen-bond acceptors (Lipinski definition) is 2. The number of halogens is 3. The SMILES string of the molecule is CCC1(CN2CCCC(C(F)(F)F)C2)CCNCC1. The molecule has 112 valence electrons. The Morgan fingerprint density at radius 2 is 1.95 bits per heavy atom. The molecule has 0 amide bonds. The summed E-state index contributed by atoms with van der Waals surface area (Å²) < 4.78 is 38.5. The lowest BCUT2D eigenvalue weighted by molar-refractivity contribution is -0.188. The van der Waals surface area contributed by atoms with E-state index in [1.54, 1.807) is 0 Å². The number of nitrogens with one attached hydrogen (secondary N) is 1. The van der Waals surface area contributed by atoms with Crippen LogP contribution in [-0.4, -0.2) is 43.8 Å². The Balaban J connectivity index is 1.94. The maximum absolute atomic E-state index is 12.8. The summed E-state index contributed by atoms with van der Waals surface area (Å²) in [6.45, 7) is 6.07. The fraction of sp³-hybridized carbons (Fsp3) is 1.00. The van der Waals surface area contributed by atoms with Crippen LogP contribution < -0.4 is 5.32 Å². The van der Waals surface area contributed by atoms with E-state index in [1.807, 2.05) is 0 Å². The van der Waals surface area contributed by atoms with Gasteiger partial charge < -0.3 is 10.2 Å². The van der Waals surface area contributed by atoms with Crippen LogP contribution in [0.15, 0.2) is 0 Å². The molecule has 5 heteroatoms. The molecule has 0 spiro atoms. The molecule has 0 radical (unpaired) electrons. The molecule has 0 aromatic heterocycles. The maximum Gasteiger partial charge on any atom is 0.393 e. The molecule has 0 aliphatic carbocycles. The zero-order chi connectivity index (χ0) is 13.9. The number of piperidine rings is 2. The lowest BCUT2D eigenvalue weighted by atomic mass is 9.75. The van der Waals surface area contributed by atoms with Crippen molar-refractivity contribution in [1.82, 2.24) is 10.2 Å². The van der Waals surface area contributed by atoms with E-state index in [9.17, 15) is 13.2 Å². The number of nitrogens with zero attached hydrogens (tertiary/aromatic N) is 1. The second-order valence-electron chi connectivity index (χ2n) is 6.22. The predicted octanol–water partition coefficient (Wildman–Crippen LogP) is 3.04. The van der Waals surface area contributed by atoms with E-state index in [1.165, 1.54) is 0 Å². The minimum absolute atomic E-state index is 0.207. The van der Waals surface area contributed by atoms with Crippen LogP contribution in [0.25, 0.3) is 0 Å². The van der Waals surface area contributed by atoms with Gasteiger partial charge in [-0.3, -0.25) is 0 Å². The van der Waals surface area contributed by atoms with Gasteiger partial charge in [-0.25, -0.2) is 0 Å². The van der Waals surface area contributed by atoms with Crippen molar-refractivity contribution in [2.75, 3.05) is 32.7 Å². The molecule has 2 fully saturated rings. The van der Waals surface area contributed by atoms with Gasteiger partial charge in [-0.15, -0.1) is 0 Å². The smallest absolute Gasteiger partial charge is 0.317 e. The minimum Gasteiger partial charge on any atom is -0.317 e. The molecule has 0 saturated carbocycles. The van der Waals surface area contributed by atoms with Gasteiger partial charge in [-0.1, -0.05) is 6.92 Å². The van der Waals surface area contributed by atoms with Gasteiger partial charge in [-0.05, 0) is 57.2 Å². The molecule has 2 rings (SSSR count). The predicted molar refractivity (Wildman–Crippen MR) is 70.0 cm³/mol. The average molecular weight is 278 g/mol. The molecule has 1 atom stereocenters. The summed E-state index contributed by atoms with van der Waals surface area (Å²) >= 11 is 0. The lowest BCUT2D eigenvalue weighted by Gasteiger charge is -2.43. The van der Waals surface area contributed by atoms with Crippen molar-refractivity contribution >= 4 is 0 Å². The summed E-state index contributed by atoms with van der Waals surface area (Å²) in [4.78, 5) is 2.07. The first-order valence-corrected chi connectivity index (χ1v) is 7.45. The van der Waals surface area contributed by atoms with E-state index in [-0.39, 0.29) is 12.0 Å². The summed E-state index contributed by atoms with van der Waals surface area (Å²) in [7, 11) is 0. The Kier molecular flexibility index (Phi) is 4.77. The minimum atomic E-state index is -4.02. The quantitative estimate of drug-likeness (QED) is 0.853. The highest BCUT2D eigenvalue weighted by atomic mass is 19.4. The van der Waals surface area contributed by atoms with Gasteiger partial charge in [0, 0.05) is 13.1 Å². The summed E-state index contributed by atoms with van der Waals surface area (Å²) in [6.07, 6.45) is 0.226. The standard InChI is InChI=1S/C14H25F3N2/c1-2-13(5-7-18-8-6-13)11-19-9-3-4-12(10-19)14(15,16)17/h12,18H,2-11H2,1H3. The summed E-state index contributed by atoms with van der Waals surface area (Å²) in [6, 6.07) is 0. The van der Waals surface area contributed by atoms with Crippen LogP contribution in [-0.2, 0) is 0 Å². The van der Waals surface area contributed by atoms with Crippen LogP contribution in [0, 0.1) is 11.3 Å². The largest absolute Gasteiger partial charge is 0.393 e. The van der Waals surface area contributed by atoms with Crippen LogP contribution in [0.5, 0.6) is 0 Å². The Bertz CT molecular complexity index is 285. The normalized spacial score (nSPS) is 29.4. The van der Waals surface area contributed by atoms with E-state index < -0.39 is 12.1 Å². The number of hydrogen-bond donors (Lipinski definition) is 1. The van der Waals surface area contributed by atoms with Crippen molar-refractivity contribution in [2.24, 2.45) is 11.3 Å². The molecule has 2 nitrogen and oxygen atoms in total. The van der Waals surface area contributed by atoms with Gasteiger partial charge in [0.1, 0.15) is 0 Å². The Hall–Kier alpha value is -0.290. The number of likely N-dealkylation sites (tertiary alicyclic amines) is 1. The molecule has 0 aromatic carbocycles. The van der Waals surface area contributed by atoms with Gasteiger partial charge in [0.2, 0.25) is 0 Å². The summed E-state index contributed by atoms with van der Waals surface area (Å²) in [5.74, 6) is -1.11. The van der Waals surface area contributed by atoms with Gasteiger partial charge in [0.15, 0.2) is 0 Å². The molecular weight excluding hydrogens is 253 g/mol. The van der Waals surface area contributed by atoms with Crippen molar-refractivity contribution < 1.29 is 13.2 Å². The molecule has 0 bridgehead atoms. The highest BCUT2D eigenvalue weighted by Gasteiger charge is 2.43. The highest BCUT2D eigenvalue weighted by Crippen LogP contribution is 2.37. The number of rotatable bonds is 3.